The summed E-state index contributed by atoms with van der Waals surface area (Å²) in [5.41, 5.74) is 3.97. The van der Waals surface area contributed by atoms with Crippen LogP contribution in [0.1, 0.15) is 18.1 Å². The minimum atomic E-state index is -0.838. The molecule has 0 radical (unpaired) electrons. The highest BCUT2D eigenvalue weighted by molar-refractivity contribution is 7.22. The second-order valence-corrected chi connectivity index (χ2v) is 9.06. The molecule has 0 spiro atoms. The molecule has 4 aromatic rings. The quantitative estimate of drug-likeness (QED) is 0.386. The summed E-state index contributed by atoms with van der Waals surface area (Å²) in [6.45, 7) is 4.00. The maximum absolute atomic E-state index is 11.0. The Morgan fingerprint density at radius 3 is 2.90 bits per heavy atom. The zero-order chi connectivity index (χ0) is 21.8. The van der Waals surface area contributed by atoms with Crippen LogP contribution >= 0.6 is 22.9 Å². The number of ether oxygens (including phenoxy) is 3. The average molecular weight is 456 g/mol. The van der Waals surface area contributed by atoms with Gasteiger partial charge in [0.25, 0.3) is 0 Å². The van der Waals surface area contributed by atoms with E-state index in [1.54, 1.807) is 24.6 Å². The van der Waals surface area contributed by atoms with E-state index >= 15 is 0 Å². The van der Waals surface area contributed by atoms with Crippen LogP contribution in [0.3, 0.4) is 0 Å². The molecule has 7 nitrogen and oxygen atoms in total. The number of fused-ring (bicyclic) bond motifs is 4. The van der Waals surface area contributed by atoms with E-state index < -0.39 is 11.0 Å². The van der Waals surface area contributed by atoms with Crippen LogP contribution in [0.2, 0.25) is 0 Å². The van der Waals surface area contributed by atoms with E-state index in [2.05, 4.69) is 16.0 Å². The van der Waals surface area contributed by atoms with Gasteiger partial charge in [-0.1, -0.05) is 0 Å². The van der Waals surface area contributed by atoms with Crippen LogP contribution in [0.5, 0.6) is 11.6 Å². The number of rotatable bonds is 4. The Morgan fingerprint density at radius 1 is 1.29 bits per heavy atom. The molecule has 0 amide bonds. The van der Waals surface area contributed by atoms with Crippen molar-refractivity contribution >= 4 is 49.6 Å². The fourth-order valence-electron chi connectivity index (χ4n) is 3.88. The molecule has 9 heteroatoms. The number of halogens is 1. The number of thiazole rings is 1. The molecule has 1 atom stereocenters. The Labute approximate surface area is 187 Å². The summed E-state index contributed by atoms with van der Waals surface area (Å²) in [6, 6.07) is 7.91. The van der Waals surface area contributed by atoms with E-state index in [-0.39, 0.29) is 6.61 Å². The van der Waals surface area contributed by atoms with Crippen molar-refractivity contribution in [3.8, 4) is 22.2 Å². The molecule has 1 aliphatic heterocycles. The largest absolute Gasteiger partial charge is 0.483 e. The first-order valence-corrected chi connectivity index (χ1v) is 10.8. The molecule has 1 unspecified atom stereocenters. The van der Waals surface area contributed by atoms with Crippen molar-refractivity contribution in [3.63, 3.8) is 0 Å². The second-order valence-electron chi connectivity index (χ2n) is 7.76. The van der Waals surface area contributed by atoms with Gasteiger partial charge in [0.15, 0.2) is 0 Å². The Kier molecular flexibility index (Phi) is 4.71. The van der Waals surface area contributed by atoms with Crippen LogP contribution < -0.4 is 9.47 Å². The highest BCUT2D eigenvalue weighted by Gasteiger charge is 2.38. The molecule has 1 aliphatic rings. The first-order chi connectivity index (χ1) is 14.8. The highest BCUT2D eigenvalue weighted by atomic mass is 35.5. The molecule has 2 aromatic heterocycles. The summed E-state index contributed by atoms with van der Waals surface area (Å²) in [4.78, 5) is 25.0. The number of nitrogens with zero attached hydrogens (tertiary/aromatic N) is 3. The summed E-state index contributed by atoms with van der Waals surface area (Å²) < 4.78 is 17.3. The van der Waals surface area contributed by atoms with Gasteiger partial charge in [-0.15, -0.1) is 11.3 Å². The molecule has 0 N–H and O–H groups in total. The van der Waals surface area contributed by atoms with Crippen molar-refractivity contribution in [2.45, 2.75) is 25.9 Å². The molecule has 0 aliphatic carbocycles. The normalized spacial score (nSPS) is 17.5. The third-order valence-electron chi connectivity index (χ3n) is 5.22. The third kappa shape index (κ3) is 3.55. The number of aryl methyl sites for hydroxylation is 1. The zero-order valence-electron chi connectivity index (χ0n) is 17.1. The Morgan fingerprint density at radius 2 is 2.13 bits per heavy atom. The molecule has 2 aromatic carbocycles. The van der Waals surface area contributed by atoms with Gasteiger partial charge in [0.2, 0.25) is 5.88 Å². The first kappa shape index (κ1) is 20.0. The topological polar surface area (TPSA) is 83.4 Å². The summed E-state index contributed by atoms with van der Waals surface area (Å²) in [5, 5.41) is 0.859. The van der Waals surface area contributed by atoms with E-state index in [0.717, 1.165) is 48.7 Å². The van der Waals surface area contributed by atoms with Crippen molar-refractivity contribution in [3.05, 3.63) is 41.6 Å². The van der Waals surface area contributed by atoms with E-state index in [4.69, 9.17) is 30.8 Å². The standard InChI is InChI=1S/C22H18ClN3O4S/c1-11-6-12(18-15(7-11)25-17(28-3)9-24-18)20-26-14-4-5-16-13(19(14)31-20)8-22(2,30-16)10-29-21(23)27/h4-7,9H,8,10H2,1-3H3. The van der Waals surface area contributed by atoms with Gasteiger partial charge < -0.3 is 14.2 Å². The molecule has 3 heterocycles. The smallest absolute Gasteiger partial charge is 0.403 e. The SMILES string of the molecule is COc1cnc2c(-c3nc4ccc5c(c4s3)CC(C)(COC(=O)Cl)O5)cc(C)cc2n1. The summed E-state index contributed by atoms with van der Waals surface area (Å²) in [5.74, 6) is 1.25. The van der Waals surface area contributed by atoms with Crippen LogP contribution in [-0.4, -0.2) is 39.7 Å². The molecule has 158 valence electrons. The molecular formula is C22H18ClN3O4S. The van der Waals surface area contributed by atoms with Gasteiger partial charge in [0.1, 0.15) is 23.0 Å². The van der Waals surface area contributed by atoms with Crippen molar-refractivity contribution < 1.29 is 19.0 Å². The monoisotopic (exact) mass is 455 g/mol. The van der Waals surface area contributed by atoms with Crippen molar-refractivity contribution in [1.29, 1.82) is 0 Å². The minimum Gasteiger partial charge on any atom is -0.483 e. The maximum Gasteiger partial charge on any atom is 0.403 e. The number of carbonyl (C=O) groups is 1. The van der Waals surface area contributed by atoms with Gasteiger partial charge in [-0.25, -0.2) is 19.7 Å². The van der Waals surface area contributed by atoms with Gasteiger partial charge in [0, 0.05) is 29.1 Å². The van der Waals surface area contributed by atoms with Crippen LogP contribution in [0.4, 0.5) is 4.79 Å². The molecule has 0 fully saturated rings. The van der Waals surface area contributed by atoms with Gasteiger partial charge in [0.05, 0.1) is 34.6 Å². The number of carbonyl (C=O) groups excluding carboxylic acids is 1. The lowest BCUT2D eigenvalue weighted by Crippen LogP contribution is -2.36. The van der Waals surface area contributed by atoms with Gasteiger partial charge in [-0.05, 0) is 43.7 Å². The van der Waals surface area contributed by atoms with Crippen molar-refractivity contribution in [2.75, 3.05) is 13.7 Å². The lowest BCUT2D eigenvalue weighted by atomic mass is 10.0. The fourth-order valence-corrected chi connectivity index (χ4v) is 5.05. The number of methoxy groups -OCH3 is 1. The number of aromatic nitrogens is 3. The molecular weight excluding hydrogens is 438 g/mol. The number of hydrogen-bond donors (Lipinski definition) is 0. The minimum absolute atomic E-state index is 0.0805. The molecule has 0 saturated heterocycles. The van der Waals surface area contributed by atoms with Crippen LogP contribution in [0.25, 0.3) is 31.8 Å². The number of hydrogen-bond acceptors (Lipinski definition) is 8. The van der Waals surface area contributed by atoms with Gasteiger partial charge >= 0.3 is 5.43 Å². The van der Waals surface area contributed by atoms with Crippen LogP contribution in [0.15, 0.2) is 30.5 Å². The lowest BCUT2D eigenvalue weighted by molar-refractivity contribution is 0.0374. The molecule has 5 rings (SSSR count). The molecule has 31 heavy (non-hydrogen) atoms. The van der Waals surface area contributed by atoms with Gasteiger partial charge in [-0.2, -0.15) is 0 Å². The lowest BCUT2D eigenvalue weighted by Gasteiger charge is -2.22. The zero-order valence-corrected chi connectivity index (χ0v) is 18.6. The summed E-state index contributed by atoms with van der Waals surface area (Å²) in [6.07, 6.45) is 2.21. The number of benzene rings is 2. The van der Waals surface area contributed by atoms with Gasteiger partial charge in [-0.3, -0.25) is 0 Å². The first-order valence-electron chi connectivity index (χ1n) is 9.61. The highest BCUT2D eigenvalue weighted by Crippen LogP contribution is 2.44. The Bertz CT molecular complexity index is 1360. The van der Waals surface area contributed by atoms with Crippen LogP contribution in [0, 0.1) is 6.92 Å². The maximum atomic E-state index is 11.0. The van der Waals surface area contributed by atoms with Crippen molar-refractivity contribution in [2.24, 2.45) is 0 Å². The third-order valence-corrected chi connectivity index (χ3v) is 6.50. The van der Waals surface area contributed by atoms with Crippen molar-refractivity contribution in [1.82, 2.24) is 15.0 Å². The van der Waals surface area contributed by atoms with E-state index in [9.17, 15) is 4.79 Å². The Hall–Kier alpha value is -2.97. The van der Waals surface area contributed by atoms with E-state index in [1.165, 1.54) is 0 Å². The second kappa shape index (κ2) is 7.32. The molecule has 0 bridgehead atoms. The van der Waals surface area contributed by atoms with E-state index in [1.807, 2.05) is 32.0 Å². The van der Waals surface area contributed by atoms with Crippen LogP contribution in [-0.2, 0) is 11.2 Å². The average Bonchev–Trinajstić information content (AvgIpc) is 3.32. The fraction of sp³-hybridized carbons (Fsp3) is 0.273. The molecule has 0 saturated carbocycles. The predicted molar refractivity (Wildman–Crippen MR) is 119 cm³/mol. The summed E-state index contributed by atoms with van der Waals surface area (Å²) >= 11 is 6.92. The Balaban J connectivity index is 1.60. The predicted octanol–water partition coefficient (Wildman–Crippen LogP) is 5.29. The van der Waals surface area contributed by atoms with E-state index in [0.29, 0.717) is 12.3 Å². The summed E-state index contributed by atoms with van der Waals surface area (Å²) in [7, 11) is 1.57.